The van der Waals surface area contributed by atoms with Crippen molar-refractivity contribution in [2.45, 2.75) is 45.9 Å². The van der Waals surface area contributed by atoms with Gasteiger partial charge >= 0.3 is 0 Å². The lowest BCUT2D eigenvalue weighted by Gasteiger charge is -2.30. The zero-order valence-electron chi connectivity index (χ0n) is 19.3. The zero-order chi connectivity index (χ0) is 24.1. The van der Waals surface area contributed by atoms with Crippen LogP contribution in [0.4, 0.5) is 0 Å². The average molecular weight is 503 g/mol. The summed E-state index contributed by atoms with van der Waals surface area (Å²) in [5.41, 5.74) is 1.68. The third-order valence-corrected chi connectivity index (χ3v) is 6.16. The molecular formula is C25H28Cl2N4O3. The number of benzene rings is 2. The number of halogens is 2. The normalized spacial score (nSPS) is 16.6. The van der Waals surface area contributed by atoms with E-state index in [0.29, 0.717) is 47.0 Å². The lowest BCUT2D eigenvalue weighted by molar-refractivity contribution is -0.127. The van der Waals surface area contributed by atoms with E-state index in [1.54, 1.807) is 18.2 Å². The number of carbonyl (C=O) groups excluding carboxylic acids is 1. The molecule has 9 heteroatoms. The van der Waals surface area contributed by atoms with Crippen molar-refractivity contribution < 1.29 is 14.1 Å². The lowest BCUT2D eigenvalue weighted by Crippen LogP contribution is -2.42. The first kappa shape index (κ1) is 24.5. The number of nitrogens with one attached hydrogen (secondary N) is 1. The van der Waals surface area contributed by atoms with Crippen LogP contribution < -0.4 is 10.1 Å². The molecule has 7 nitrogen and oxygen atoms in total. The monoisotopic (exact) mass is 502 g/mol. The molecule has 3 aromatic rings. The number of amides is 1. The first-order valence-corrected chi connectivity index (χ1v) is 12.2. The SMILES string of the molecule is CC(C)Oc1cccc(CNC(=O)C2CCCN(Cc3nc(-c4ccc(Cl)cc4Cl)no3)C2)c1. The highest BCUT2D eigenvalue weighted by Gasteiger charge is 2.27. The second-order valence-electron chi connectivity index (χ2n) is 8.74. The second kappa shape index (κ2) is 11.2. The first-order valence-electron chi connectivity index (χ1n) is 11.4. The smallest absolute Gasteiger partial charge is 0.241 e. The van der Waals surface area contributed by atoms with Gasteiger partial charge in [0, 0.05) is 23.7 Å². The Bertz CT molecular complexity index is 1130. The van der Waals surface area contributed by atoms with Gasteiger partial charge in [-0.05, 0) is 69.1 Å². The number of nitrogens with zero attached hydrogens (tertiary/aromatic N) is 3. The molecule has 0 saturated carbocycles. The molecule has 34 heavy (non-hydrogen) atoms. The van der Waals surface area contributed by atoms with E-state index in [-0.39, 0.29) is 17.9 Å². The van der Waals surface area contributed by atoms with E-state index in [0.717, 1.165) is 30.7 Å². The summed E-state index contributed by atoms with van der Waals surface area (Å²) >= 11 is 12.2. The summed E-state index contributed by atoms with van der Waals surface area (Å²) in [6.07, 6.45) is 1.89. The van der Waals surface area contributed by atoms with E-state index in [2.05, 4.69) is 20.4 Å². The molecule has 1 N–H and O–H groups in total. The molecule has 1 amide bonds. The third kappa shape index (κ3) is 6.50. The predicted molar refractivity (Wildman–Crippen MR) is 132 cm³/mol. The van der Waals surface area contributed by atoms with Crippen LogP contribution in [-0.2, 0) is 17.9 Å². The predicted octanol–water partition coefficient (Wildman–Crippen LogP) is 5.36. The fraction of sp³-hybridized carbons (Fsp3) is 0.400. The maximum atomic E-state index is 12.8. The van der Waals surface area contributed by atoms with Gasteiger partial charge in [-0.2, -0.15) is 4.98 Å². The van der Waals surface area contributed by atoms with Crippen molar-refractivity contribution in [1.82, 2.24) is 20.4 Å². The van der Waals surface area contributed by atoms with E-state index < -0.39 is 0 Å². The molecule has 0 bridgehead atoms. The second-order valence-corrected chi connectivity index (χ2v) is 9.59. The topological polar surface area (TPSA) is 80.5 Å². The molecule has 4 rings (SSSR count). The summed E-state index contributed by atoms with van der Waals surface area (Å²) in [6.45, 7) is 6.45. The van der Waals surface area contributed by atoms with E-state index in [4.69, 9.17) is 32.5 Å². The van der Waals surface area contributed by atoms with Crippen molar-refractivity contribution in [2.24, 2.45) is 5.92 Å². The van der Waals surface area contributed by atoms with Crippen LogP contribution in [-0.4, -0.2) is 40.1 Å². The summed E-state index contributed by atoms with van der Waals surface area (Å²) in [5.74, 6) is 1.69. The van der Waals surface area contributed by atoms with Crippen LogP contribution in [0, 0.1) is 5.92 Å². The minimum atomic E-state index is -0.0862. The molecule has 1 saturated heterocycles. The Morgan fingerprint density at radius 3 is 2.91 bits per heavy atom. The maximum Gasteiger partial charge on any atom is 0.241 e. The van der Waals surface area contributed by atoms with Crippen LogP contribution in [0.5, 0.6) is 5.75 Å². The largest absolute Gasteiger partial charge is 0.491 e. The molecule has 0 radical (unpaired) electrons. The average Bonchev–Trinajstić information content (AvgIpc) is 3.25. The first-order chi connectivity index (χ1) is 16.4. The van der Waals surface area contributed by atoms with Gasteiger partial charge in [0.2, 0.25) is 17.6 Å². The number of hydrogen-bond donors (Lipinski definition) is 1. The van der Waals surface area contributed by atoms with Crippen LogP contribution in [0.2, 0.25) is 10.0 Å². The Morgan fingerprint density at radius 1 is 1.26 bits per heavy atom. The van der Waals surface area contributed by atoms with Crippen molar-refractivity contribution in [3.05, 3.63) is 64.0 Å². The summed E-state index contributed by atoms with van der Waals surface area (Å²) in [6, 6.07) is 13.0. The minimum Gasteiger partial charge on any atom is -0.491 e. The molecule has 1 atom stereocenters. The van der Waals surface area contributed by atoms with Crippen LogP contribution >= 0.6 is 23.2 Å². The molecular weight excluding hydrogens is 475 g/mol. The van der Waals surface area contributed by atoms with Gasteiger partial charge in [-0.1, -0.05) is 40.5 Å². The number of carbonyl (C=O) groups is 1. The van der Waals surface area contributed by atoms with E-state index in [1.165, 1.54) is 0 Å². The number of hydrogen-bond acceptors (Lipinski definition) is 6. The fourth-order valence-electron chi connectivity index (χ4n) is 4.04. The molecule has 1 unspecified atom stereocenters. The maximum absolute atomic E-state index is 12.8. The standard InChI is InChI=1S/C25H28Cl2N4O3/c1-16(2)33-20-7-3-5-17(11-20)13-28-25(32)18-6-4-10-31(14-18)15-23-29-24(30-34-23)21-9-8-19(26)12-22(21)27/h3,5,7-9,11-12,16,18H,4,6,10,13-15H2,1-2H3,(H,28,32). The van der Waals surface area contributed by atoms with Crippen LogP contribution in [0.1, 0.15) is 38.1 Å². The number of aromatic nitrogens is 2. The van der Waals surface area contributed by atoms with Gasteiger partial charge in [0.25, 0.3) is 0 Å². The molecule has 1 aromatic heterocycles. The highest BCUT2D eigenvalue weighted by molar-refractivity contribution is 6.36. The Balaban J connectivity index is 1.31. The van der Waals surface area contributed by atoms with Gasteiger partial charge < -0.3 is 14.6 Å². The number of piperidine rings is 1. The fourth-order valence-corrected chi connectivity index (χ4v) is 4.53. The quantitative estimate of drug-likeness (QED) is 0.446. The van der Waals surface area contributed by atoms with Crippen LogP contribution in [0.15, 0.2) is 47.0 Å². The minimum absolute atomic E-state index is 0.0547. The van der Waals surface area contributed by atoms with Crippen LogP contribution in [0.25, 0.3) is 11.4 Å². The lowest BCUT2D eigenvalue weighted by atomic mass is 9.97. The number of likely N-dealkylation sites (tertiary alicyclic amines) is 1. The number of ether oxygens (including phenoxy) is 1. The van der Waals surface area contributed by atoms with Gasteiger partial charge in [-0.15, -0.1) is 0 Å². The van der Waals surface area contributed by atoms with Crippen LogP contribution in [0.3, 0.4) is 0 Å². The summed E-state index contributed by atoms with van der Waals surface area (Å²) < 4.78 is 11.2. The third-order valence-electron chi connectivity index (χ3n) is 5.61. The zero-order valence-corrected chi connectivity index (χ0v) is 20.8. The van der Waals surface area contributed by atoms with E-state index in [1.807, 2.05) is 38.1 Å². The molecule has 2 aromatic carbocycles. The molecule has 1 aliphatic heterocycles. The van der Waals surface area contributed by atoms with Crippen molar-refractivity contribution >= 4 is 29.1 Å². The number of rotatable bonds is 8. The van der Waals surface area contributed by atoms with Crippen molar-refractivity contribution in [1.29, 1.82) is 0 Å². The van der Waals surface area contributed by atoms with Crippen molar-refractivity contribution in [2.75, 3.05) is 13.1 Å². The Morgan fingerprint density at radius 2 is 2.12 bits per heavy atom. The summed E-state index contributed by atoms with van der Waals surface area (Å²) in [4.78, 5) is 19.5. The van der Waals surface area contributed by atoms with E-state index >= 15 is 0 Å². The Kier molecular flexibility index (Phi) is 8.08. The Labute approximate surface area is 209 Å². The molecule has 2 heterocycles. The summed E-state index contributed by atoms with van der Waals surface area (Å²) in [7, 11) is 0. The highest BCUT2D eigenvalue weighted by Crippen LogP contribution is 2.29. The molecule has 0 aliphatic carbocycles. The van der Waals surface area contributed by atoms with Gasteiger partial charge in [0.05, 0.1) is 23.6 Å². The van der Waals surface area contributed by atoms with Gasteiger partial charge in [-0.25, -0.2) is 0 Å². The Hall–Kier alpha value is -2.61. The molecule has 180 valence electrons. The molecule has 1 aliphatic rings. The van der Waals surface area contributed by atoms with E-state index in [9.17, 15) is 4.79 Å². The molecule has 1 fully saturated rings. The van der Waals surface area contributed by atoms with Crippen molar-refractivity contribution in [3.63, 3.8) is 0 Å². The molecule has 0 spiro atoms. The summed E-state index contributed by atoms with van der Waals surface area (Å²) in [5, 5.41) is 8.14. The highest BCUT2D eigenvalue weighted by atomic mass is 35.5. The van der Waals surface area contributed by atoms with Gasteiger partial charge in [-0.3, -0.25) is 9.69 Å². The van der Waals surface area contributed by atoms with Crippen molar-refractivity contribution in [3.8, 4) is 17.1 Å². The van der Waals surface area contributed by atoms with Gasteiger partial charge in [0.15, 0.2) is 0 Å². The van der Waals surface area contributed by atoms with Gasteiger partial charge in [0.1, 0.15) is 5.75 Å².